The van der Waals surface area contributed by atoms with Crippen molar-refractivity contribution in [3.8, 4) is 5.75 Å². The van der Waals surface area contributed by atoms with E-state index in [2.05, 4.69) is 9.80 Å². The molecule has 0 unspecified atom stereocenters. The summed E-state index contributed by atoms with van der Waals surface area (Å²) in [6.45, 7) is 4.65. The van der Waals surface area contributed by atoms with Crippen molar-refractivity contribution in [2.75, 3.05) is 38.6 Å². The van der Waals surface area contributed by atoms with Gasteiger partial charge in [0.25, 0.3) is 0 Å². The van der Waals surface area contributed by atoms with Crippen LogP contribution in [0.4, 0.5) is 11.4 Å². The molecule has 0 aliphatic carbocycles. The highest BCUT2D eigenvalue weighted by Crippen LogP contribution is 2.30. The topological polar surface area (TPSA) is 69.9 Å². The van der Waals surface area contributed by atoms with Gasteiger partial charge in [0.05, 0.1) is 4.92 Å². The summed E-state index contributed by atoms with van der Waals surface area (Å²) in [6.07, 6.45) is 0.999. The van der Waals surface area contributed by atoms with Crippen molar-refractivity contribution in [2.45, 2.75) is 13.3 Å². The summed E-state index contributed by atoms with van der Waals surface area (Å²) < 4.78 is 0. The molecule has 19 heavy (non-hydrogen) atoms. The number of rotatable bonds is 7. The molecule has 0 aliphatic rings. The van der Waals surface area contributed by atoms with Gasteiger partial charge in [0, 0.05) is 30.9 Å². The van der Waals surface area contributed by atoms with Crippen LogP contribution in [0.25, 0.3) is 0 Å². The van der Waals surface area contributed by atoms with E-state index in [1.165, 1.54) is 12.1 Å². The van der Waals surface area contributed by atoms with Gasteiger partial charge in [-0.1, -0.05) is 0 Å². The molecular formula is C13H21N3O3. The van der Waals surface area contributed by atoms with Crippen LogP contribution in [-0.4, -0.2) is 48.7 Å². The van der Waals surface area contributed by atoms with Gasteiger partial charge < -0.3 is 14.9 Å². The summed E-state index contributed by atoms with van der Waals surface area (Å²) in [5.41, 5.74) is 0.553. The first-order valence-electron chi connectivity index (χ1n) is 6.32. The Morgan fingerprint density at radius 2 is 2.00 bits per heavy atom. The SMILES string of the molecule is CCN(CCCN(C)C)c1ccc([N+](=O)[O-])c(O)c1. The van der Waals surface area contributed by atoms with E-state index in [9.17, 15) is 15.2 Å². The molecule has 0 aliphatic heterocycles. The molecule has 0 saturated carbocycles. The summed E-state index contributed by atoms with van der Waals surface area (Å²) in [6, 6.07) is 4.48. The van der Waals surface area contributed by atoms with Crippen LogP contribution < -0.4 is 4.90 Å². The van der Waals surface area contributed by atoms with Gasteiger partial charge in [-0.05, 0) is 40.1 Å². The van der Waals surface area contributed by atoms with E-state index in [1.807, 2.05) is 21.0 Å². The second kappa shape index (κ2) is 6.94. The van der Waals surface area contributed by atoms with E-state index in [-0.39, 0.29) is 11.4 Å². The highest BCUT2D eigenvalue weighted by atomic mass is 16.6. The summed E-state index contributed by atoms with van der Waals surface area (Å²) in [5.74, 6) is -0.284. The molecule has 0 bridgehead atoms. The molecule has 106 valence electrons. The Kier molecular flexibility index (Phi) is 5.57. The van der Waals surface area contributed by atoms with Gasteiger partial charge in [0.1, 0.15) is 0 Å². The molecule has 6 heteroatoms. The standard InChI is InChI=1S/C13H21N3O3/c1-4-15(9-5-8-14(2)3)11-6-7-12(16(18)19)13(17)10-11/h6-7,10,17H,4-5,8-9H2,1-3H3. The molecule has 0 spiro atoms. The number of anilines is 1. The third-order valence-corrected chi connectivity index (χ3v) is 2.94. The van der Waals surface area contributed by atoms with Crippen molar-refractivity contribution in [2.24, 2.45) is 0 Å². The maximum atomic E-state index is 10.6. The lowest BCUT2D eigenvalue weighted by atomic mass is 10.2. The van der Waals surface area contributed by atoms with Crippen LogP contribution in [0.2, 0.25) is 0 Å². The average molecular weight is 267 g/mol. The molecule has 6 nitrogen and oxygen atoms in total. The van der Waals surface area contributed by atoms with Crippen LogP contribution >= 0.6 is 0 Å². The van der Waals surface area contributed by atoms with Crippen LogP contribution in [0.3, 0.4) is 0 Å². The molecule has 1 N–H and O–H groups in total. The van der Waals surface area contributed by atoms with Crippen LogP contribution in [0.15, 0.2) is 18.2 Å². The van der Waals surface area contributed by atoms with E-state index in [4.69, 9.17) is 0 Å². The smallest absolute Gasteiger partial charge is 0.310 e. The van der Waals surface area contributed by atoms with Gasteiger partial charge in [0.15, 0.2) is 5.75 Å². The predicted molar refractivity (Wildman–Crippen MR) is 75.8 cm³/mol. The number of hydrogen-bond acceptors (Lipinski definition) is 5. The quantitative estimate of drug-likeness (QED) is 0.605. The first-order valence-corrected chi connectivity index (χ1v) is 6.32. The highest BCUT2D eigenvalue weighted by molar-refractivity contribution is 5.58. The van der Waals surface area contributed by atoms with E-state index >= 15 is 0 Å². The molecule has 0 amide bonds. The first-order chi connectivity index (χ1) is 8.95. The number of hydrogen-bond donors (Lipinski definition) is 1. The van der Waals surface area contributed by atoms with Gasteiger partial charge in [0.2, 0.25) is 0 Å². The van der Waals surface area contributed by atoms with Crippen LogP contribution in [-0.2, 0) is 0 Å². The number of nitrogens with zero attached hydrogens (tertiary/aromatic N) is 3. The van der Waals surface area contributed by atoms with E-state index in [0.29, 0.717) is 0 Å². The second-order valence-corrected chi connectivity index (χ2v) is 4.67. The fourth-order valence-corrected chi connectivity index (χ4v) is 1.91. The van der Waals surface area contributed by atoms with Gasteiger partial charge in [-0.25, -0.2) is 0 Å². The Hall–Kier alpha value is -1.82. The minimum Gasteiger partial charge on any atom is -0.502 e. The fraction of sp³-hybridized carbons (Fsp3) is 0.538. The number of benzene rings is 1. The molecule has 0 saturated heterocycles. The van der Waals surface area contributed by atoms with E-state index < -0.39 is 4.92 Å². The van der Waals surface area contributed by atoms with Gasteiger partial charge >= 0.3 is 5.69 Å². The van der Waals surface area contributed by atoms with Crippen molar-refractivity contribution < 1.29 is 10.0 Å². The largest absolute Gasteiger partial charge is 0.502 e. The number of phenols is 1. The summed E-state index contributed by atoms with van der Waals surface area (Å²) in [4.78, 5) is 14.3. The Balaban J connectivity index is 2.76. The maximum absolute atomic E-state index is 10.6. The lowest BCUT2D eigenvalue weighted by molar-refractivity contribution is -0.385. The summed E-state index contributed by atoms with van der Waals surface area (Å²) >= 11 is 0. The lowest BCUT2D eigenvalue weighted by Crippen LogP contribution is -2.26. The average Bonchev–Trinajstić information content (AvgIpc) is 2.33. The highest BCUT2D eigenvalue weighted by Gasteiger charge is 2.15. The molecule has 0 fully saturated rings. The number of aromatic hydroxyl groups is 1. The fourth-order valence-electron chi connectivity index (χ4n) is 1.91. The third-order valence-electron chi connectivity index (χ3n) is 2.94. The van der Waals surface area contributed by atoms with Crippen molar-refractivity contribution >= 4 is 11.4 Å². The molecule has 1 rings (SSSR count). The molecule has 0 aromatic heterocycles. The number of nitro groups is 1. The van der Waals surface area contributed by atoms with Gasteiger partial charge in [-0.15, -0.1) is 0 Å². The molecule has 0 radical (unpaired) electrons. The van der Waals surface area contributed by atoms with Crippen LogP contribution in [0.5, 0.6) is 5.75 Å². The maximum Gasteiger partial charge on any atom is 0.310 e. The van der Waals surface area contributed by atoms with Crippen LogP contribution in [0.1, 0.15) is 13.3 Å². The zero-order valence-corrected chi connectivity index (χ0v) is 11.7. The Morgan fingerprint density at radius 1 is 1.32 bits per heavy atom. The van der Waals surface area contributed by atoms with Gasteiger partial charge in [-0.2, -0.15) is 0 Å². The van der Waals surface area contributed by atoms with Crippen molar-refractivity contribution in [1.29, 1.82) is 0 Å². The molecule has 0 atom stereocenters. The zero-order valence-electron chi connectivity index (χ0n) is 11.7. The normalized spacial score (nSPS) is 10.7. The molecule has 1 aromatic rings. The first kappa shape index (κ1) is 15.2. The van der Waals surface area contributed by atoms with Crippen molar-refractivity contribution in [3.05, 3.63) is 28.3 Å². The predicted octanol–water partition coefficient (Wildman–Crippen LogP) is 2.08. The lowest BCUT2D eigenvalue weighted by Gasteiger charge is -2.24. The van der Waals surface area contributed by atoms with Crippen LogP contribution in [0, 0.1) is 10.1 Å². The molecular weight excluding hydrogens is 246 g/mol. The molecule has 1 aromatic carbocycles. The number of phenolic OH excluding ortho intramolecular Hbond substituents is 1. The Bertz CT molecular complexity index is 435. The second-order valence-electron chi connectivity index (χ2n) is 4.67. The minimum atomic E-state index is -0.582. The number of nitro benzene ring substituents is 1. The van der Waals surface area contributed by atoms with E-state index in [0.717, 1.165) is 31.7 Å². The van der Waals surface area contributed by atoms with Gasteiger partial charge in [-0.3, -0.25) is 10.1 Å². The summed E-state index contributed by atoms with van der Waals surface area (Å²) in [7, 11) is 4.04. The Labute approximate surface area is 113 Å². The molecule has 0 heterocycles. The monoisotopic (exact) mass is 267 g/mol. The van der Waals surface area contributed by atoms with Crippen molar-refractivity contribution in [3.63, 3.8) is 0 Å². The van der Waals surface area contributed by atoms with Crippen molar-refractivity contribution in [1.82, 2.24) is 4.90 Å². The minimum absolute atomic E-state index is 0.256. The Morgan fingerprint density at radius 3 is 2.47 bits per heavy atom. The zero-order chi connectivity index (χ0) is 14.4. The van der Waals surface area contributed by atoms with E-state index in [1.54, 1.807) is 6.07 Å². The third kappa shape index (κ3) is 4.40. The summed E-state index contributed by atoms with van der Waals surface area (Å²) in [5, 5.41) is 20.3.